The average molecular weight is 291 g/mol. The number of aromatic nitrogens is 3. The molecule has 1 amide bonds. The van der Waals surface area contributed by atoms with Gasteiger partial charge in [-0.25, -0.2) is 4.98 Å². The minimum absolute atomic E-state index is 0.0897. The number of amides is 1. The molecule has 106 valence electrons. The van der Waals surface area contributed by atoms with Crippen molar-refractivity contribution in [1.82, 2.24) is 15.2 Å². The Kier molecular flexibility index (Phi) is 4.41. The van der Waals surface area contributed by atoms with Crippen LogP contribution in [-0.4, -0.2) is 26.6 Å². The minimum Gasteiger partial charge on any atom is -0.326 e. The van der Waals surface area contributed by atoms with E-state index in [-0.39, 0.29) is 12.3 Å². The molecule has 2 aromatic rings. The van der Waals surface area contributed by atoms with E-state index in [2.05, 4.69) is 20.5 Å². The molecule has 1 aromatic carbocycles. The second-order valence-electron chi connectivity index (χ2n) is 5.13. The summed E-state index contributed by atoms with van der Waals surface area (Å²) in [7, 11) is 0. The van der Waals surface area contributed by atoms with Crippen LogP contribution in [0.5, 0.6) is 0 Å². The Labute approximate surface area is 121 Å². The van der Waals surface area contributed by atoms with Crippen molar-refractivity contribution in [3.63, 3.8) is 0 Å². The molecule has 1 heterocycles. The van der Waals surface area contributed by atoms with Crippen LogP contribution >= 0.6 is 11.8 Å². The van der Waals surface area contributed by atoms with E-state index in [9.17, 15) is 4.79 Å². The van der Waals surface area contributed by atoms with Gasteiger partial charge in [-0.15, -0.1) is 0 Å². The van der Waals surface area contributed by atoms with Crippen molar-refractivity contribution in [2.75, 3.05) is 5.32 Å². The molecule has 0 bridgehead atoms. The van der Waals surface area contributed by atoms with Crippen LogP contribution in [0.2, 0.25) is 0 Å². The van der Waals surface area contributed by atoms with E-state index in [1.165, 1.54) is 18.1 Å². The quantitative estimate of drug-likeness (QED) is 0.783. The summed E-state index contributed by atoms with van der Waals surface area (Å²) in [5.74, 6) is -0.0897. The molecule has 0 saturated heterocycles. The van der Waals surface area contributed by atoms with E-state index in [4.69, 9.17) is 5.73 Å². The summed E-state index contributed by atoms with van der Waals surface area (Å²) < 4.78 is 0. The fraction of sp³-hybridized carbons (Fsp3) is 0.308. The zero-order valence-electron chi connectivity index (χ0n) is 11.4. The lowest BCUT2D eigenvalue weighted by Crippen LogP contribution is -2.36. The number of rotatable bonds is 5. The standard InChI is InChI=1S/C13H17N5OS/c1-13(2,14)7-11(19)17-9-3-5-10(6-4-9)20-12-15-8-16-18-12/h3-6,8H,7,14H2,1-2H3,(H,17,19)(H,15,16,18). The lowest BCUT2D eigenvalue weighted by atomic mass is 10.0. The van der Waals surface area contributed by atoms with Crippen LogP contribution in [0.25, 0.3) is 0 Å². The molecule has 0 saturated carbocycles. The molecule has 0 atom stereocenters. The molecule has 4 N–H and O–H groups in total. The first-order chi connectivity index (χ1) is 9.42. The largest absolute Gasteiger partial charge is 0.326 e. The zero-order chi connectivity index (χ0) is 14.6. The van der Waals surface area contributed by atoms with E-state index in [1.54, 1.807) is 0 Å². The van der Waals surface area contributed by atoms with Crippen LogP contribution in [0.4, 0.5) is 5.69 Å². The molecular weight excluding hydrogens is 274 g/mol. The highest BCUT2D eigenvalue weighted by Crippen LogP contribution is 2.25. The Morgan fingerprint density at radius 1 is 1.40 bits per heavy atom. The van der Waals surface area contributed by atoms with E-state index >= 15 is 0 Å². The number of nitrogens with zero attached hydrogens (tertiary/aromatic N) is 2. The van der Waals surface area contributed by atoms with Gasteiger partial charge < -0.3 is 11.1 Å². The number of nitrogens with one attached hydrogen (secondary N) is 2. The van der Waals surface area contributed by atoms with Crippen molar-refractivity contribution in [2.45, 2.75) is 35.9 Å². The van der Waals surface area contributed by atoms with Crippen molar-refractivity contribution in [2.24, 2.45) is 5.73 Å². The highest BCUT2D eigenvalue weighted by molar-refractivity contribution is 7.99. The summed E-state index contributed by atoms with van der Waals surface area (Å²) in [6.45, 7) is 3.65. The molecule has 0 fully saturated rings. The van der Waals surface area contributed by atoms with E-state index in [0.29, 0.717) is 0 Å². The molecule has 2 rings (SSSR count). The predicted octanol–water partition coefficient (Wildman–Crippen LogP) is 2.02. The van der Waals surface area contributed by atoms with Crippen LogP contribution in [0.3, 0.4) is 0 Å². The van der Waals surface area contributed by atoms with Crippen LogP contribution in [0, 0.1) is 0 Å². The van der Waals surface area contributed by atoms with Crippen LogP contribution in [0.15, 0.2) is 40.6 Å². The number of hydrogen-bond acceptors (Lipinski definition) is 5. The molecule has 0 aliphatic heterocycles. The third kappa shape index (κ3) is 4.67. The van der Waals surface area contributed by atoms with Crippen molar-refractivity contribution in [3.8, 4) is 0 Å². The summed E-state index contributed by atoms with van der Waals surface area (Å²) in [5.41, 5.74) is 6.05. The third-order valence-corrected chi connectivity index (χ3v) is 3.26. The first-order valence-corrected chi connectivity index (χ1v) is 6.96. The Balaban J connectivity index is 1.93. The molecular formula is C13H17N5OS. The number of benzene rings is 1. The van der Waals surface area contributed by atoms with Gasteiger partial charge in [0.15, 0.2) is 5.16 Å². The number of aromatic amines is 1. The number of carbonyl (C=O) groups is 1. The molecule has 0 aliphatic carbocycles. The van der Waals surface area contributed by atoms with E-state index in [1.807, 2.05) is 38.1 Å². The fourth-order valence-electron chi connectivity index (χ4n) is 1.58. The van der Waals surface area contributed by atoms with Crippen LogP contribution in [-0.2, 0) is 4.79 Å². The molecule has 0 aliphatic rings. The van der Waals surface area contributed by atoms with Gasteiger partial charge in [0.05, 0.1) is 0 Å². The molecule has 1 aromatic heterocycles. The first-order valence-electron chi connectivity index (χ1n) is 6.14. The SMILES string of the molecule is CC(C)(N)CC(=O)Nc1ccc(Sc2ncn[nH]2)cc1. The highest BCUT2D eigenvalue weighted by atomic mass is 32.2. The maximum atomic E-state index is 11.7. The lowest BCUT2D eigenvalue weighted by molar-refractivity contribution is -0.117. The van der Waals surface area contributed by atoms with Gasteiger partial charge in [0.25, 0.3) is 0 Å². The zero-order valence-corrected chi connectivity index (χ0v) is 12.2. The van der Waals surface area contributed by atoms with E-state index in [0.717, 1.165) is 15.7 Å². The van der Waals surface area contributed by atoms with Gasteiger partial charge in [0.1, 0.15) is 6.33 Å². The van der Waals surface area contributed by atoms with Crippen molar-refractivity contribution in [3.05, 3.63) is 30.6 Å². The number of nitrogens with two attached hydrogens (primary N) is 1. The van der Waals surface area contributed by atoms with Gasteiger partial charge in [0, 0.05) is 22.5 Å². The van der Waals surface area contributed by atoms with Gasteiger partial charge in [0.2, 0.25) is 5.91 Å². The Morgan fingerprint density at radius 2 is 2.10 bits per heavy atom. The number of hydrogen-bond donors (Lipinski definition) is 3. The number of H-pyrrole nitrogens is 1. The fourth-order valence-corrected chi connectivity index (χ4v) is 2.27. The van der Waals surface area contributed by atoms with Gasteiger partial charge in [-0.1, -0.05) is 11.8 Å². The highest BCUT2D eigenvalue weighted by Gasteiger charge is 2.16. The molecule has 20 heavy (non-hydrogen) atoms. The summed E-state index contributed by atoms with van der Waals surface area (Å²) in [6, 6.07) is 7.52. The van der Waals surface area contributed by atoms with Gasteiger partial charge >= 0.3 is 0 Å². The summed E-state index contributed by atoms with van der Waals surface area (Å²) in [5, 5.41) is 10.1. The Bertz CT molecular complexity index is 559. The summed E-state index contributed by atoms with van der Waals surface area (Å²) >= 11 is 1.47. The molecule has 7 heteroatoms. The van der Waals surface area contributed by atoms with Gasteiger partial charge in [-0.05, 0) is 38.1 Å². The molecule has 0 spiro atoms. The van der Waals surface area contributed by atoms with E-state index < -0.39 is 5.54 Å². The smallest absolute Gasteiger partial charge is 0.226 e. The maximum Gasteiger partial charge on any atom is 0.226 e. The van der Waals surface area contributed by atoms with Crippen molar-refractivity contribution in [1.29, 1.82) is 0 Å². The first kappa shape index (κ1) is 14.5. The monoisotopic (exact) mass is 291 g/mol. The lowest BCUT2D eigenvalue weighted by Gasteiger charge is -2.17. The predicted molar refractivity (Wildman–Crippen MR) is 78.5 cm³/mol. The second kappa shape index (κ2) is 6.06. The molecule has 6 nitrogen and oxygen atoms in total. The van der Waals surface area contributed by atoms with Crippen LogP contribution in [0.1, 0.15) is 20.3 Å². The topological polar surface area (TPSA) is 96.7 Å². The van der Waals surface area contributed by atoms with Crippen molar-refractivity contribution >= 4 is 23.4 Å². The average Bonchev–Trinajstić information content (AvgIpc) is 2.82. The van der Waals surface area contributed by atoms with Gasteiger partial charge in [-0.2, -0.15) is 5.10 Å². The maximum absolute atomic E-state index is 11.7. The summed E-state index contributed by atoms with van der Waals surface area (Å²) in [6.07, 6.45) is 1.74. The molecule has 0 unspecified atom stereocenters. The number of anilines is 1. The van der Waals surface area contributed by atoms with Crippen molar-refractivity contribution < 1.29 is 4.79 Å². The third-order valence-electron chi connectivity index (χ3n) is 2.36. The normalized spacial score (nSPS) is 11.3. The molecule has 0 radical (unpaired) electrons. The van der Waals surface area contributed by atoms with Crippen LogP contribution < -0.4 is 11.1 Å². The Hall–Kier alpha value is -1.86. The number of carbonyl (C=O) groups excluding carboxylic acids is 1. The summed E-state index contributed by atoms with van der Waals surface area (Å²) in [4.78, 5) is 16.8. The van der Waals surface area contributed by atoms with Gasteiger partial charge in [-0.3, -0.25) is 9.89 Å². The minimum atomic E-state index is -0.508. The second-order valence-corrected chi connectivity index (χ2v) is 6.19. The Morgan fingerprint density at radius 3 is 2.65 bits per heavy atom.